The lowest BCUT2D eigenvalue weighted by Gasteiger charge is -2.19. The van der Waals surface area contributed by atoms with Gasteiger partial charge in [-0.05, 0) is 20.9 Å². The summed E-state index contributed by atoms with van der Waals surface area (Å²) in [6.07, 6.45) is 0.138. The molecule has 0 rings (SSSR count). The highest BCUT2D eigenvalue weighted by Crippen LogP contribution is 1.92. The number of carbonyl (C=O) groups is 1. The molecule has 78 valence electrons. The second kappa shape index (κ2) is 6.86. The van der Waals surface area contributed by atoms with Crippen molar-refractivity contribution in [2.75, 3.05) is 33.9 Å². The van der Waals surface area contributed by atoms with Crippen LogP contribution in [0.15, 0.2) is 0 Å². The first-order valence-electron chi connectivity index (χ1n) is 4.47. The van der Waals surface area contributed by atoms with Gasteiger partial charge in [0.05, 0.1) is 19.3 Å². The van der Waals surface area contributed by atoms with Crippen LogP contribution in [-0.2, 0) is 14.3 Å². The molecule has 13 heavy (non-hydrogen) atoms. The van der Waals surface area contributed by atoms with E-state index in [0.29, 0.717) is 13.2 Å². The van der Waals surface area contributed by atoms with E-state index in [4.69, 9.17) is 9.47 Å². The Kier molecular flexibility index (Phi) is 6.54. The van der Waals surface area contributed by atoms with E-state index in [1.807, 2.05) is 18.9 Å². The zero-order valence-corrected chi connectivity index (χ0v) is 8.87. The van der Waals surface area contributed by atoms with Gasteiger partial charge in [0.15, 0.2) is 0 Å². The summed E-state index contributed by atoms with van der Waals surface area (Å²) in [5.74, 6) is -0.187. The maximum absolute atomic E-state index is 11.0. The number of rotatable bonds is 6. The second-order valence-corrected chi connectivity index (χ2v) is 3.05. The normalized spacial score (nSPS) is 13.0. The van der Waals surface area contributed by atoms with Crippen molar-refractivity contribution in [3.63, 3.8) is 0 Å². The summed E-state index contributed by atoms with van der Waals surface area (Å²) in [5, 5.41) is 0. The molecule has 0 saturated heterocycles. The van der Waals surface area contributed by atoms with Crippen molar-refractivity contribution in [3.8, 4) is 0 Å². The molecule has 0 fully saturated rings. The summed E-state index contributed by atoms with van der Waals surface area (Å²) in [5.41, 5.74) is 0. The Morgan fingerprint density at radius 2 is 2.15 bits per heavy atom. The number of carbonyl (C=O) groups excluding carboxylic acids is 1. The molecule has 0 aromatic heterocycles. The van der Waals surface area contributed by atoms with Gasteiger partial charge in [-0.3, -0.25) is 9.69 Å². The molecule has 4 nitrogen and oxygen atoms in total. The zero-order valence-electron chi connectivity index (χ0n) is 8.87. The lowest BCUT2D eigenvalue weighted by molar-refractivity contribution is -0.144. The number of ether oxygens (including phenoxy) is 2. The van der Waals surface area contributed by atoms with Crippen LogP contribution in [0, 0.1) is 0 Å². The molecule has 0 spiro atoms. The van der Waals surface area contributed by atoms with Gasteiger partial charge in [-0.25, -0.2) is 0 Å². The van der Waals surface area contributed by atoms with Gasteiger partial charge in [0, 0.05) is 13.7 Å². The SMILES string of the molecule is CCOC(=O)CN(C)CC(C)OC. The van der Waals surface area contributed by atoms with Crippen LogP contribution in [0.2, 0.25) is 0 Å². The number of likely N-dealkylation sites (N-methyl/N-ethyl adjacent to an activating group) is 1. The van der Waals surface area contributed by atoms with E-state index in [1.54, 1.807) is 14.0 Å². The predicted octanol–water partition coefficient (Wildman–Crippen LogP) is 0.516. The van der Waals surface area contributed by atoms with Crippen LogP contribution >= 0.6 is 0 Å². The van der Waals surface area contributed by atoms with Gasteiger partial charge in [0.2, 0.25) is 0 Å². The fourth-order valence-electron chi connectivity index (χ4n) is 1.01. The van der Waals surface area contributed by atoms with Crippen LogP contribution in [0.25, 0.3) is 0 Å². The molecular weight excluding hydrogens is 170 g/mol. The third kappa shape index (κ3) is 6.54. The molecule has 0 aromatic carbocycles. The first-order valence-corrected chi connectivity index (χ1v) is 4.47. The van der Waals surface area contributed by atoms with Crippen LogP contribution in [0.5, 0.6) is 0 Å². The van der Waals surface area contributed by atoms with Crippen molar-refractivity contribution in [3.05, 3.63) is 0 Å². The molecule has 0 heterocycles. The average molecular weight is 189 g/mol. The Bertz CT molecular complexity index is 150. The lowest BCUT2D eigenvalue weighted by atomic mass is 10.3. The number of hydrogen-bond acceptors (Lipinski definition) is 4. The predicted molar refractivity (Wildman–Crippen MR) is 50.6 cm³/mol. The molecular formula is C9H19NO3. The Morgan fingerprint density at radius 1 is 1.54 bits per heavy atom. The summed E-state index contributed by atoms with van der Waals surface area (Å²) in [4.78, 5) is 12.9. The third-order valence-corrected chi connectivity index (χ3v) is 1.68. The molecule has 4 heteroatoms. The van der Waals surface area contributed by atoms with Gasteiger partial charge in [-0.2, -0.15) is 0 Å². The van der Waals surface area contributed by atoms with Gasteiger partial charge in [-0.1, -0.05) is 0 Å². The topological polar surface area (TPSA) is 38.8 Å². The number of esters is 1. The van der Waals surface area contributed by atoms with Crippen molar-refractivity contribution >= 4 is 5.97 Å². The molecule has 0 aliphatic rings. The lowest BCUT2D eigenvalue weighted by Crippen LogP contribution is -2.33. The van der Waals surface area contributed by atoms with Gasteiger partial charge in [0.1, 0.15) is 0 Å². The first-order chi connectivity index (χ1) is 6.10. The van der Waals surface area contributed by atoms with E-state index >= 15 is 0 Å². The molecule has 0 aliphatic heterocycles. The van der Waals surface area contributed by atoms with Crippen molar-refractivity contribution in [2.45, 2.75) is 20.0 Å². The zero-order chi connectivity index (χ0) is 10.3. The maximum Gasteiger partial charge on any atom is 0.320 e. The Balaban J connectivity index is 3.60. The maximum atomic E-state index is 11.0. The molecule has 0 saturated carbocycles. The monoisotopic (exact) mass is 189 g/mol. The number of hydrogen-bond donors (Lipinski definition) is 0. The van der Waals surface area contributed by atoms with Crippen LogP contribution in [-0.4, -0.2) is 50.8 Å². The molecule has 0 radical (unpaired) electrons. The fraction of sp³-hybridized carbons (Fsp3) is 0.889. The molecule has 0 aromatic rings. The van der Waals surface area contributed by atoms with E-state index in [-0.39, 0.29) is 12.1 Å². The minimum Gasteiger partial charge on any atom is -0.465 e. The molecule has 0 aliphatic carbocycles. The van der Waals surface area contributed by atoms with E-state index in [1.165, 1.54) is 0 Å². The fourth-order valence-corrected chi connectivity index (χ4v) is 1.01. The first kappa shape index (κ1) is 12.4. The van der Waals surface area contributed by atoms with Crippen LogP contribution < -0.4 is 0 Å². The van der Waals surface area contributed by atoms with Crippen molar-refractivity contribution in [2.24, 2.45) is 0 Å². The van der Waals surface area contributed by atoms with Crippen LogP contribution in [0.3, 0.4) is 0 Å². The summed E-state index contributed by atoms with van der Waals surface area (Å²) >= 11 is 0. The minimum absolute atomic E-state index is 0.138. The van der Waals surface area contributed by atoms with Crippen molar-refractivity contribution < 1.29 is 14.3 Å². The molecule has 0 N–H and O–H groups in total. The summed E-state index contributed by atoms with van der Waals surface area (Å²) in [7, 11) is 3.52. The minimum atomic E-state index is -0.187. The standard InChI is InChI=1S/C9H19NO3/c1-5-13-9(11)7-10(3)6-8(2)12-4/h8H,5-7H2,1-4H3. The average Bonchev–Trinajstić information content (AvgIpc) is 2.04. The van der Waals surface area contributed by atoms with E-state index in [0.717, 1.165) is 6.54 Å². The highest BCUT2D eigenvalue weighted by atomic mass is 16.5. The highest BCUT2D eigenvalue weighted by Gasteiger charge is 2.09. The van der Waals surface area contributed by atoms with Gasteiger partial charge in [-0.15, -0.1) is 0 Å². The molecule has 0 amide bonds. The van der Waals surface area contributed by atoms with Crippen molar-refractivity contribution in [1.82, 2.24) is 4.90 Å². The summed E-state index contributed by atoms with van der Waals surface area (Å²) < 4.78 is 9.87. The molecule has 1 unspecified atom stereocenters. The quantitative estimate of drug-likeness (QED) is 0.571. The van der Waals surface area contributed by atoms with Crippen molar-refractivity contribution in [1.29, 1.82) is 0 Å². The largest absolute Gasteiger partial charge is 0.465 e. The Morgan fingerprint density at radius 3 is 2.62 bits per heavy atom. The number of nitrogens with zero attached hydrogens (tertiary/aromatic N) is 1. The van der Waals surface area contributed by atoms with E-state index in [9.17, 15) is 4.79 Å². The van der Waals surface area contributed by atoms with Gasteiger partial charge >= 0.3 is 5.97 Å². The van der Waals surface area contributed by atoms with Gasteiger partial charge < -0.3 is 9.47 Å². The Labute approximate surface area is 79.8 Å². The van der Waals surface area contributed by atoms with Crippen LogP contribution in [0.1, 0.15) is 13.8 Å². The highest BCUT2D eigenvalue weighted by molar-refractivity contribution is 5.71. The smallest absolute Gasteiger partial charge is 0.320 e. The van der Waals surface area contributed by atoms with E-state index < -0.39 is 0 Å². The molecule has 0 bridgehead atoms. The van der Waals surface area contributed by atoms with Gasteiger partial charge in [0.25, 0.3) is 0 Å². The number of methoxy groups -OCH3 is 1. The van der Waals surface area contributed by atoms with Crippen LogP contribution in [0.4, 0.5) is 0 Å². The second-order valence-electron chi connectivity index (χ2n) is 3.05. The summed E-state index contributed by atoms with van der Waals surface area (Å²) in [6, 6.07) is 0. The third-order valence-electron chi connectivity index (χ3n) is 1.68. The molecule has 1 atom stereocenters. The summed E-state index contributed by atoms with van der Waals surface area (Å²) in [6.45, 7) is 5.25. The van der Waals surface area contributed by atoms with E-state index in [2.05, 4.69) is 0 Å². The Hall–Kier alpha value is -0.610.